The number of rotatable bonds is 4. The number of nitrogens with zero attached hydrogens (tertiary/aromatic N) is 2. The molecule has 0 amide bonds. The molecule has 2 heterocycles. The fourth-order valence-corrected chi connectivity index (χ4v) is 2.86. The van der Waals surface area contributed by atoms with Crippen LogP contribution in [0.15, 0.2) is 57.9 Å². The fourth-order valence-electron chi connectivity index (χ4n) is 2.14. The SMILES string of the molecule is Cn1ccnc1C(Nc1ccc(Br)cc1Cl)c1ccco1. The lowest BCUT2D eigenvalue weighted by molar-refractivity contribution is 0.488. The van der Waals surface area contributed by atoms with Gasteiger partial charge in [-0.3, -0.25) is 0 Å². The Hall–Kier alpha value is -1.72. The van der Waals surface area contributed by atoms with Crippen LogP contribution in [0.2, 0.25) is 5.02 Å². The number of halogens is 2. The Morgan fingerprint density at radius 1 is 1.38 bits per heavy atom. The number of aromatic nitrogens is 2. The predicted molar refractivity (Wildman–Crippen MR) is 86.5 cm³/mol. The Morgan fingerprint density at radius 2 is 2.24 bits per heavy atom. The van der Waals surface area contributed by atoms with Crippen molar-refractivity contribution in [2.45, 2.75) is 6.04 Å². The first-order chi connectivity index (χ1) is 10.1. The molecule has 0 bridgehead atoms. The average molecular weight is 367 g/mol. The van der Waals surface area contributed by atoms with Gasteiger partial charge in [0.2, 0.25) is 0 Å². The van der Waals surface area contributed by atoms with Crippen molar-refractivity contribution in [2.75, 3.05) is 5.32 Å². The van der Waals surface area contributed by atoms with Crippen LogP contribution in [0.4, 0.5) is 5.69 Å². The lowest BCUT2D eigenvalue weighted by atomic mass is 10.2. The first-order valence-corrected chi connectivity index (χ1v) is 7.54. The van der Waals surface area contributed by atoms with Gasteiger partial charge in [-0.05, 0) is 30.3 Å². The molecule has 0 saturated carbocycles. The molecule has 3 aromatic rings. The number of aryl methyl sites for hydroxylation is 1. The van der Waals surface area contributed by atoms with Gasteiger partial charge in [0, 0.05) is 23.9 Å². The second kappa shape index (κ2) is 5.95. The Labute approximate surface area is 135 Å². The molecule has 6 heteroatoms. The van der Waals surface area contributed by atoms with Gasteiger partial charge in [-0.15, -0.1) is 0 Å². The zero-order valence-corrected chi connectivity index (χ0v) is 13.6. The largest absolute Gasteiger partial charge is 0.467 e. The molecule has 1 aromatic carbocycles. The minimum absolute atomic E-state index is 0.210. The minimum atomic E-state index is -0.210. The highest BCUT2D eigenvalue weighted by atomic mass is 79.9. The highest BCUT2D eigenvalue weighted by Crippen LogP contribution is 2.31. The van der Waals surface area contributed by atoms with Crippen molar-refractivity contribution in [3.8, 4) is 0 Å². The number of imidazole rings is 1. The molecule has 0 saturated heterocycles. The summed E-state index contributed by atoms with van der Waals surface area (Å²) in [6.45, 7) is 0. The molecule has 1 unspecified atom stereocenters. The molecule has 1 N–H and O–H groups in total. The number of benzene rings is 1. The van der Waals surface area contributed by atoms with E-state index in [0.717, 1.165) is 21.7 Å². The molecule has 0 radical (unpaired) electrons. The van der Waals surface area contributed by atoms with Gasteiger partial charge in [-0.1, -0.05) is 27.5 Å². The maximum absolute atomic E-state index is 6.29. The normalized spacial score (nSPS) is 12.3. The van der Waals surface area contributed by atoms with E-state index in [1.54, 1.807) is 12.5 Å². The second-order valence-corrected chi connectivity index (χ2v) is 5.94. The third-order valence-electron chi connectivity index (χ3n) is 3.18. The van der Waals surface area contributed by atoms with Gasteiger partial charge < -0.3 is 14.3 Å². The highest BCUT2D eigenvalue weighted by molar-refractivity contribution is 9.10. The number of furan rings is 1. The van der Waals surface area contributed by atoms with E-state index in [-0.39, 0.29) is 6.04 Å². The summed E-state index contributed by atoms with van der Waals surface area (Å²) < 4.78 is 8.43. The van der Waals surface area contributed by atoms with E-state index in [1.165, 1.54) is 0 Å². The summed E-state index contributed by atoms with van der Waals surface area (Å²) in [5.41, 5.74) is 0.823. The summed E-state index contributed by atoms with van der Waals surface area (Å²) in [6, 6.07) is 9.27. The van der Waals surface area contributed by atoms with Crippen LogP contribution in [0.5, 0.6) is 0 Å². The van der Waals surface area contributed by atoms with E-state index in [9.17, 15) is 0 Å². The third kappa shape index (κ3) is 2.99. The summed E-state index contributed by atoms with van der Waals surface area (Å²) in [5.74, 6) is 1.63. The summed E-state index contributed by atoms with van der Waals surface area (Å²) >= 11 is 9.69. The van der Waals surface area contributed by atoms with Crippen molar-refractivity contribution in [3.63, 3.8) is 0 Å². The Morgan fingerprint density at radius 3 is 2.86 bits per heavy atom. The van der Waals surface area contributed by atoms with E-state index in [1.807, 2.05) is 48.1 Å². The standard InChI is InChI=1S/C15H13BrClN3O/c1-20-7-6-18-15(20)14(13-3-2-8-21-13)19-12-5-4-10(16)9-11(12)17/h2-9,14,19H,1H3. The van der Waals surface area contributed by atoms with Crippen LogP contribution in [0, 0.1) is 0 Å². The van der Waals surface area contributed by atoms with Crippen molar-refractivity contribution in [3.05, 3.63) is 70.1 Å². The van der Waals surface area contributed by atoms with Crippen LogP contribution in [0.3, 0.4) is 0 Å². The topological polar surface area (TPSA) is 43.0 Å². The minimum Gasteiger partial charge on any atom is -0.467 e. The molecule has 1 atom stereocenters. The van der Waals surface area contributed by atoms with Gasteiger partial charge in [0.05, 0.1) is 17.0 Å². The van der Waals surface area contributed by atoms with Gasteiger partial charge in [0.25, 0.3) is 0 Å². The molecule has 0 aliphatic rings. The zero-order chi connectivity index (χ0) is 14.8. The first kappa shape index (κ1) is 14.2. The van der Waals surface area contributed by atoms with Crippen molar-refractivity contribution in [2.24, 2.45) is 7.05 Å². The summed E-state index contributed by atoms with van der Waals surface area (Å²) in [6.07, 6.45) is 5.31. The number of anilines is 1. The monoisotopic (exact) mass is 365 g/mol. The summed E-state index contributed by atoms with van der Waals surface area (Å²) in [4.78, 5) is 4.40. The molecule has 0 spiro atoms. The number of nitrogens with one attached hydrogen (secondary N) is 1. The molecule has 0 fully saturated rings. The van der Waals surface area contributed by atoms with E-state index in [2.05, 4.69) is 26.2 Å². The molecule has 0 aliphatic carbocycles. The van der Waals surface area contributed by atoms with Crippen LogP contribution in [-0.2, 0) is 7.05 Å². The lowest BCUT2D eigenvalue weighted by Crippen LogP contribution is -2.16. The summed E-state index contributed by atoms with van der Waals surface area (Å²) in [7, 11) is 1.95. The highest BCUT2D eigenvalue weighted by Gasteiger charge is 2.21. The molecule has 4 nitrogen and oxygen atoms in total. The van der Waals surface area contributed by atoms with E-state index < -0.39 is 0 Å². The second-order valence-electron chi connectivity index (χ2n) is 4.61. The maximum Gasteiger partial charge on any atom is 0.143 e. The van der Waals surface area contributed by atoms with E-state index in [0.29, 0.717) is 5.02 Å². The van der Waals surface area contributed by atoms with Crippen LogP contribution >= 0.6 is 27.5 Å². The van der Waals surface area contributed by atoms with Crippen LogP contribution in [-0.4, -0.2) is 9.55 Å². The van der Waals surface area contributed by atoms with Gasteiger partial charge in [0.1, 0.15) is 17.6 Å². The van der Waals surface area contributed by atoms with Crippen molar-refractivity contribution in [1.82, 2.24) is 9.55 Å². The molecular weight excluding hydrogens is 354 g/mol. The quantitative estimate of drug-likeness (QED) is 0.732. The number of hydrogen-bond acceptors (Lipinski definition) is 3. The molecule has 108 valence electrons. The smallest absolute Gasteiger partial charge is 0.143 e. The molecule has 21 heavy (non-hydrogen) atoms. The lowest BCUT2D eigenvalue weighted by Gasteiger charge is -2.18. The Bertz CT molecular complexity index is 739. The van der Waals surface area contributed by atoms with E-state index >= 15 is 0 Å². The summed E-state index contributed by atoms with van der Waals surface area (Å²) in [5, 5.41) is 4.02. The molecule has 3 rings (SSSR count). The zero-order valence-electron chi connectivity index (χ0n) is 11.3. The fraction of sp³-hybridized carbons (Fsp3) is 0.133. The van der Waals surface area contributed by atoms with E-state index in [4.69, 9.17) is 16.0 Å². The van der Waals surface area contributed by atoms with Gasteiger partial charge in [-0.2, -0.15) is 0 Å². The number of hydrogen-bond donors (Lipinski definition) is 1. The third-order valence-corrected chi connectivity index (χ3v) is 3.98. The molecular formula is C15H13BrClN3O. The first-order valence-electron chi connectivity index (χ1n) is 6.37. The van der Waals surface area contributed by atoms with Crippen molar-refractivity contribution < 1.29 is 4.42 Å². The predicted octanol–water partition coefficient (Wildman–Crippen LogP) is 4.63. The van der Waals surface area contributed by atoms with Crippen LogP contribution in [0.1, 0.15) is 17.6 Å². The Balaban J connectivity index is 1.99. The molecule has 0 aliphatic heterocycles. The average Bonchev–Trinajstić information content (AvgIpc) is 3.10. The van der Waals surface area contributed by atoms with Crippen molar-refractivity contribution >= 4 is 33.2 Å². The van der Waals surface area contributed by atoms with Gasteiger partial charge in [-0.25, -0.2) is 4.98 Å². The van der Waals surface area contributed by atoms with Crippen LogP contribution < -0.4 is 5.32 Å². The maximum atomic E-state index is 6.29. The van der Waals surface area contributed by atoms with Crippen molar-refractivity contribution in [1.29, 1.82) is 0 Å². The molecule has 2 aromatic heterocycles. The van der Waals surface area contributed by atoms with Crippen LogP contribution in [0.25, 0.3) is 0 Å². The van der Waals surface area contributed by atoms with Gasteiger partial charge >= 0.3 is 0 Å². The van der Waals surface area contributed by atoms with Gasteiger partial charge in [0.15, 0.2) is 0 Å². The Kier molecular flexibility index (Phi) is 4.03.